The minimum absolute atomic E-state index is 0.324. The summed E-state index contributed by atoms with van der Waals surface area (Å²) in [6, 6.07) is 22.6. The van der Waals surface area contributed by atoms with E-state index in [0.29, 0.717) is 35.5 Å². The van der Waals surface area contributed by atoms with Gasteiger partial charge in [0.05, 0.1) is 22.1 Å². The highest BCUT2D eigenvalue weighted by atomic mass is 16.5. The number of nitrogens with two attached hydrogens (primary N) is 2. The molecule has 0 aliphatic carbocycles. The van der Waals surface area contributed by atoms with Gasteiger partial charge in [0.1, 0.15) is 11.5 Å². The van der Waals surface area contributed by atoms with Gasteiger partial charge in [-0.2, -0.15) is 0 Å². The molecule has 6 rings (SSSR count). The van der Waals surface area contributed by atoms with Crippen molar-refractivity contribution >= 4 is 39.6 Å². The first-order valence-electron chi connectivity index (χ1n) is 11.0. The van der Waals surface area contributed by atoms with Crippen LogP contribution in [0.1, 0.15) is 16.7 Å². The molecule has 2 heterocycles. The molecule has 2 aliphatic rings. The fourth-order valence-corrected chi connectivity index (χ4v) is 3.88. The van der Waals surface area contributed by atoms with E-state index in [1.54, 1.807) is 0 Å². The number of aliphatic imine (C=N–C) groups is 2. The smallest absolute Gasteiger partial charge is 0.274 e. The van der Waals surface area contributed by atoms with E-state index in [9.17, 15) is 0 Å². The summed E-state index contributed by atoms with van der Waals surface area (Å²) in [6.07, 6.45) is 0. The Hall–Kier alpha value is -5.04. The van der Waals surface area contributed by atoms with Crippen molar-refractivity contribution in [3.8, 4) is 35.2 Å². The number of benzene rings is 4. The van der Waals surface area contributed by atoms with E-state index in [1.165, 1.54) is 0 Å². The second-order valence-corrected chi connectivity index (χ2v) is 7.98. The summed E-state index contributed by atoms with van der Waals surface area (Å²) in [5.41, 5.74) is 16.3. The molecule has 0 fully saturated rings. The fraction of sp³-hybridized carbons (Fsp3) is 0.0345. The quantitative estimate of drug-likeness (QED) is 0.318. The van der Waals surface area contributed by atoms with Crippen molar-refractivity contribution in [2.75, 3.05) is 5.73 Å². The van der Waals surface area contributed by atoms with Gasteiger partial charge in [-0.25, -0.2) is 9.98 Å². The summed E-state index contributed by atoms with van der Waals surface area (Å²) < 4.78 is 12.0. The number of anilines is 1. The van der Waals surface area contributed by atoms with E-state index in [1.807, 2.05) is 72.8 Å². The molecule has 166 valence electrons. The molecule has 0 amide bonds. The van der Waals surface area contributed by atoms with E-state index in [-0.39, 0.29) is 0 Å². The first-order chi connectivity index (χ1) is 17.2. The molecule has 35 heavy (non-hydrogen) atoms. The van der Waals surface area contributed by atoms with Crippen LogP contribution in [-0.4, -0.2) is 11.8 Å². The third-order valence-corrected chi connectivity index (χ3v) is 5.63. The highest BCUT2D eigenvalue weighted by molar-refractivity contribution is 6.16. The Morgan fingerprint density at radius 2 is 1.09 bits per heavy atom. The summed E-state index contributed by atoms with van der Waals surface area (Å²) in [4.78, 5) is 9.21. The van der Waals surface area contributed by atoms with E-state index in [2.05, 4.69) is 33.7 Å². The molecule has 0 unspecified atom stereocenters. The van der Waals surface area contributed by atoms with Crippen molar-refractivity contribution in [1.82, 2.24) is 0 Å². The normalized spacial score (nSPS) is 12.7. The van der Waals surface area contributed by atoms with Crippen molar-refractivity contribution < 1.29 is 9.47 Å². The summed E-state index contributed by atoms with van der Waals surface area (Å²) in [5, 5.41) is 1.68. The van der Waals surface area contributed by atoms with Gasteiger partial charge in [-0.3, -0.25) is 0 Å². The van der Waals surface area contributed by atoms with Crippen LogP contribution < -0.4 is 20.9 Å². The predicted octanol–water partition coefficient (Wildman–Crippen LogP) is 4.83. The molecule has 0 atom stereocenters. The van der Waals surface area contributed by atoms with E-state index in [4.69, 9.17) is 20.9 Å². The average Bonchev–Trinajstić information content (AvgIpc) is 2.90. The summed E-state index contributed by atoms with van der Waals surface area (Å²) in [5.74, 6) is 14.1. The molecule has 4 aromatic rings. The summed E-state index contributed by atoms with van der Waals surface area (Å²) in [6.45, 7) is 0.499. The fourth-order valence-electron chi connectivity index (χ4n) is 3.88. The molecule has 6 nitrogen and oxygen atoms in total. The Labute approximate surface area is 201 Å². The van der Waals surface area contributed by atoms with Crippen molar-refractivity contribution in [2.24, 2.45) is 15.7 Å². The van der Waals surface area contributed by atoms with Crippen molar-refractivity contribution in [3.05, 3.63) is 89.5 Å². The molecule has 4 N–H and O–H groups in total. The van der Waals surface area contributed by atoms with Gasteiger partial charge in [-0.05, 0) is 78.1 Å². The van der Waals surface area contributed by atoms with Gasteiger partial charge >= 0.3 is 0 Å². The van der Waals surface area contributed by atoms with Gasteiger partial charge in [0.2, 0.25) is 0 Å². The standard InChI is InChI=1S/C29H18N4O2/c30-17-20-3-1-18(2-4-20)7-15-26-32-22-11-14-25-29-23(12-13-24(34-26)28(22)29)33-27(35-25)16-8-19-5-9-21(31)10-6-19/h1-6,9-14H,17,30-31H2. The minimum atomic E-state index is 0.324. The van der Waals surface area contributed by atoms with E-state index < -0.39 is 0 Å². The number of nitrogens with zero attached hydrogens (tertiary/aromatic N) is 2. The first-order valence-corrected chi connectivity index (χ1v) is 11.0. The number of hydrogen-bond donors (Lipinski definition) is 2. The lowest BCUT2D eigenvalue weighted by molar-refractivity contribution is 0.552. The van der Waals surface area contributed by atoms with Gasteiger partial charge in [-0.15, -0.1) is 0 Å². The molecule has 0 aromatic heterocycles. The molecular formula is C29H18N4O2. The van der Waals surface area contributed by atoms with Crippen LogP contribution in [0.15, 0.2) is 82.8 Å². The van der Waals surface area contributed by atoms with Crippen LogP contribution in [-0.2, 0) is 6.54 Å². The molecule has 0 saturated carbocycles. The molecular weight excluding hydrogens is 436 g/mol. The van der Waals surface area contributed by atoms with Crippen LogP contribution in [0, 0.1) is 23.7 Å². The zero-order valence-corrected chi connectivity index (χ0v) is 18.5. The third-order valence-electron chi connectivity index (χ3n) is 5.63. The van der Waals surface area contributed by atoms with Crippen molar-refractivity contribution in [3.63, 3.8) is 0 Å². The molecule has 0 bridgehead atoms. The zero-order valence-electron chi connectivity index (χ0n) is 18.5. The zero-order chi connectivity index (χ0) is 23.8. The van der Waals surface area contributed by atoms with E-state index in [0.717, 1.165) is 38.8 Å². The SMILES string of the molecule is NCc1ccc(C#CC2=Nc3ccc4c5c(ccc(c35)O2)N=C(C#Cc2ccc(N)cc2)O4)cc1. The van der Waals surface area contributed by atoms with Gasteiger partial charge in [0.15, 0.2) is 0 Å². The van der Waals surface area contributed by atoms with Crippen LogP contribution in [0.2, 0.25) is 0 Å². The molecule has 0 saturated heterocycles. The largest absolute Gasteiger partial charge is 0.431 e. The van der Waals surface area contributed by atoms with Crippen molar-refractivity contribution in [2.45, 2.75) is 6.54 Å². The lowest BCUT2D eigenvalue weighted by Crippen LogP contribution is -2.12. The lowest BCUT2D eigenvalue weighted by Gasteiger charge is -2.20. The van der Waals surface area contributed by atoms with Gasteiger partial charge < -0.3 is 20.9 Å². The Morgan fingerprint density at radius 1 is 0.600 bits per heavy atom. The monoisotopic (exact) mass is 454 g/mol. The van der Waals surface area contributed by atoms with Crippen molar-refractivity contribution in [1.29, 1.82) is 0 Å². The first kappa shape index (κ1) is 20.6. The second kappa shape index (κ2) is 8.39. The highest BCUT2D eigenvalue weighted by Gasteiger charge is 2.24. The number of hydrogen-bond acceptors (Lipinski definition) is 6. The summed E-state index contributed by atoms with van der Waals surface area (Å²) in [7, 11) is 0. The molecule has 2 aliphatic heterocycles. The van der Waals surface area contributed by atoms with Crippen LogP contribution >= 0.6 is 0 Å². The summed E-state index contributed by atoms with van der Waals surface area (Å²) >= 11 is 0. The number of nitrogen functional groups attached to an aromatic ring is 1. The maximum absolute atomic E-state index is 6.01. The topological polar surface area (TPSA) is 95.2 Å². The minimum Gasteiger partial charge on any atom is -0.431 e. The predicted molar refractivity (Wildman–Crippen MR) is 138 cm³/mol. The van der Waals surface area contributed by atoms with E-state index >= 15 is 0 Å². The molecule has 0 radical (unpaired) electrons. The molecule has 0 spiro atoms. The Bertz CT molecular complexity index is 1680. The van der Waals surface area contributed by atoms with Crippen LogP contribution in [0.5, 0.6) is 11.5 Å². The van der Waals surface area contributed by atoms with Crippen LogP contribution in [0.25, 0.3) is 10.8 Å². The average molecular weight is 454 g/mol. The van der Waals surface area contributed by atoms with Gasteiger partial charge in [-0.1, -0.05) is 24.0 Å². The van der Waals surface area contributed by atoms with Gasteiger partial charge in [0, 0.05) is 23.4 Å². The highest BCUT2D eigenvalue weighted by Crippen LogP contribution is 2.47. The maximum Gasteiger partial charge on any atom is 0.274 e. The number of rotatable bonds is 1. The second-order valence-electron chi connectivity index (χ2n) is 7.98. The van der Waals surface area contributed by atoms with Crippen LogP contribution in [0.4, 0.5) is 17.1 Å². The van der Waals surface area contributed by atoms with Gasteiger partial charge in [0.25, 0.3) is 11.8 Å². The Balaban J connectivity index is 1.34. The Morgan fingerprint density at radius 3 is 1.57 bits per heavy atom. The molecule has 6 heteroatoms. The van der Waals surface area contributed by atoms with Crippen LogP contribution in [0.3, 0.4) is 0 Å². The third kappa shape index (κ3) is 3.95. The Kier molecular flexibility index (Phi) is 4.93. The number of ether oxygens (including phenoxy) is 2. The lowest BCUT2D eigenvalue weighted by atomic mass is 10.0. The molecule has 4 aromatic carbocycles. The maximum atomic E-state index is 6.01.